The fourth-order valence-corrected chi connectivity index (χ4v) is 8.15. The summed E-state index contributed by atoms with van der Waals surface area (Å²) in [5.74, 6) is 0.742. The van der Waals surface area contributed by atoms with E-state index in [2.05, 4.69) is 67.3 Å². The molecule has 9 heteroatoms. The Balaban J connectivity index is 1.48. The van der Waals surface area contributed by atoms with Gasteiger partial charge in [-0.25, -0.2) is 0 Å². The van der Waals surface area contributed by atoms with E-state index >= 15 is 0 Å². The molecule has 1 aliphatic heterocycles. The molecule has 250 valence electrons. The van der Waals surface area contributed by atoms with Crippen LogP contribution in [-0.4, -0.2) is 28.0 Å². The van der Waals surface area contributed by atoms with E-state index in [0.717, 1.165) is 55.6 Å². The van der Waals surface area contributed by atoms with Crippen LogP contribution in [0.5, 0.6) is 11.5 Å². The standard InChI is InChI=1S/C39H41IN2O6/c1-6-47-33-17-26(16-28(40)37(33)48-23-25-12-14-27(15-13-25)42(45)46)34-35-29(18-38(2,3)20-31(35)43)41(22-24-10-8-7-9-11-24)30-19-39(4,5)21-32(44)36(30)34/h7-17,34H,6,18-23H2,1-5H3. The average molecular weight is 761 g/mol. The van der Waals surface area contributed by atoms with Gasteiger partial charge in [0.25, 0.3) is 5.69 Å². The molecular formula is C39H41IN2O6. The van der Waals surface area contributed by atoms with Crippen molar-refractivity contribution < 1.29 is 24.0 Å². The van der Waals surface area contributed by atoms with Crippen LogP contribution in [0.25, 0.3) is 0 Å². The molecule has 6 rings (SSSR count). The Hall–Kier alpha value is -3.99. The van der Waals surface area contributed by atoms with Gasteiger partial charge in [-0.2, -0.15) is 0 Å². The summed E-state index contributed by atoms with van der Waals surface area (Å²) in [6.45, 7) is 11.7. The van der Waals surface area contributed by atoms with Crippen LogP contribution in [0, 0.1) is 24.5 Å². The summed E-state index contributed by atoms with van der Waals surface area (Å²) in [6, 6.07) is 20.5. The second-order valence-electron chi connectivity index (χ2n) is 14.6. The second kappa shape index (κ2) is 13.1. The Morgan fingerprint density at radius 3 is 1.96 bits per heavy atom. The molecule has 0 unspecified atom stereocenters. The molecule has 0 bridgehead atoms. The third-order valence-corrected chi connectivity index (χ3v) is 10.2. The molecule has 48 heavy (non-hydrogen) atoms. The third-order valence-electron chi connectivity index (χ3n) is 9.40. The third kappa shape index (κ3) is 6.79. The number of hydrogen-bond acceptors (Lipinski definition) is 7. The Bertz CT molecular complexity index is 1790. The van der Waals surface area contributed by atoms with Crippen molar-refractivity contribution in [2.45, 2.75) is 79.4 Å². The molecule has 3 aromatic carbocycles. The van der Waals surface area contributed by atoms with Crippen LogP contribution in [0.4, 0.5) is 5.69 Å². The zero-order valence-corrected chi connectivity index (χ0v) is 30.3. The summed E-state index contributed by atoms with van der Waals surface area (Å²) in [5, 5.41) is 11.1. The number of allylic oxidation sites excluding steroid dienone is 4. The highest BCUT2D eigenvalue weighted by Gasteiger charge is 2.49. The van der Waals surface area contributed by atoms with Crippen LogP contribution in [0.3, 0.4) is 0 Å². The largest absolute Gasteiger partial charge is 0.490 e. The quantitative estimate of drug-likeness (QED) is 0.122. The minimum atomic E-state index is -0.509. The van der Waals surface area contributed by atoms with Gasteiger partial charge in [-0.3, -0.25) is 19.7 Å². The minimum absolute atomic E-state index is 0.0196. The number of nitro groups is 1. The summed E-state index contributed by atoms with van der Waals surface area (Å²) in [7, 11) is 0. The summed E-state index contributed by atoms with van der Waals surface area (Å²) >= 11 is 2.23. The van der Waals surface area contributed by atoms with E-state index in [-0.39, 0.29) is 34.7 Å². The van der Waals surface area contributed by atoms with E-state index in [1.54, 1.807) is 12.1 Å². The first kappa shape index (κ1) is 33.9. The molecule has 3 aliphatic rings. The van der Waals surface area contributed by atoms with E-state index in [4.69, 9.17) is 9.47 Å². The number of nitrogens with zero attached hydrogens (tertiary/aromatic N) is 2. The van der Waals surface area contributed by atoms with E-state index < -0.39 is 10.8 Å². The summed E-state index contributed by atoms with van der Waals surface area (Å²) in [5.41, 5.74) is 5.79. The first-order valence-electron chi connectivity index (χ1n) is 16.4. The number of carbonyl (C=O) groups is 2. The molecule has 3 aromatic rings. The van der Waals surface area contributed by atoms with Crippen LogP contribution < -0.4 is 9.47 Å². The van der Waals surface area contributed by atoms with E-state index in [0.29, 0.717) is 37.5 Å². The molecule has 0 atom stereocenters. The van der Waals surface area contributed by atoms with Gasteiger partial charge < -0.3 is 14.4 Å². The number of hydrogen-bond donors (Lipinski definition) is 0. The number of Topliss-reactive ketones (excluding diaryl/α,β-unsaturated/α-hetero) is 2. The van der Waals surface area contributed by atoms with Crippen molar-refractivity contribution in [2.75, 3.05) is 6.61 Å². The molecule has 0 saturated carbocycles. The molecule has 0 spiro atoms. The normalized spacial score (nSPS) is 18.8. The van der Waals surface area contributed by atoms with Crippen molar-refractivity contribution in [1.29, 1.82) is 0 Å². The molecule has 0 N–H and O–H groups in total. The van der Waals surface area contributed by atoms with Gasteiger partial charge in [0, 0.05) is 60.0 Å². The zero-order chi connectivity index (χ0) is 34.4. The second-order valence-corrected chi connectivity index (χ2v) is 15.7. The SMILES string of the molecule is CCOc1cc(C2C3=C(CC(C)(C)CC3=O)N(Cc3ccccc3)C3=C2C(=O)CC(C)(C)C3)cc(I)c1OCc1ccc([N+](=O)[O-])cc1. The highest BCUT2D eigenvalue weighted by molar-refractivity contribution is 14.1. The Morgan fingerprint density at radius 2 is 1.42 bits per heavy atom. The monoisotopic (exact) mass is 760 g/mol. The maximum Gasteiger partial charge on any atom is 0.269 e. The average Bonchev–Trinajstić information content (AvgIpc) is 3.01. The topological polar surface area (TPSA) is 99.0 Å². The highest BCUT2D eigenvalue weighted by atomic mass is 127. The number of ether oxygens (including phenoxy) is 2. The first-order valence-corrected chi connectivity index (χ1v) is 17.5. The van der Waals surface area contributed by atoms with Crippen molar-refractivity contribution in [3.8, 4) is 11.5 Å². The molecule has 1 heterocycles. The zero-order valence-electron chi connectivity index (χ0n) is 28.1. The Morgan fingerprint density at radius 1 is 0.833 bits per heavy atom. The van der Waals surface area contributed by atoms with Gasteiger partial charge >= 0.3 is 0 Å². The van der Waals surface area contributed by atoms with Crippen LogP contribution >= 0.6 is 22.6 Å². The number of rotatable bonds is 9. The fourth-order valence-electron chi connectivity index (χ4n) is 7.36. The number of carbonyl (C=O) groups excluding carboxylic acids is 2. The van der Waals surface area contributed by atoms with Crippen LogP contribution in [0.15, 0.2) is 89.3 Å². The Kier molecular flexibility index (Phi) is 9.28. The van der Waals surface area contributed by atoms with Crippen molar-refractivity contribution in [3.63, 3.8) is 0 Å². The number of nitro benzene ring substituents is 1. The van der Waals surface area contributed by atoms with Gasteiger partial charge in [-0.1, -0.05) is 58.0 Å². The lowest BCUT2D eigenvalue weighted by Crippen LogP contribution is -2.44. The van der Waals surface area contributed by atoms with Gasteiger partial charge in [0.15, 0.2) is 23.1 Å². The molecule has 0 fully saturated rings. The Labute approximate surface area is 295 Å². The number of ketones is 2. The first-order chi connectivity index (χ1) is 22.8. The maximum absolute atomic E-state index is 14.3. The van der Waals surface area contributed by atoms with Crippen molar-refractivity contribution in [3.05, 3.63) is 120 Å². The molecule has 8 nitrogen and oxygen atoms in total. The van der Waals surface area contributed by atoms with Gasteiger partial charge in [0.1, 0.15) is 6.61 Å². The van der Waals surface area contributed by atoms with Crippen molar-refractivity contribution in [1.82, 2.24) is 4.90 Å². The predicted octanol–water partition coefficient (Wildman–Crippen LogP) is 9.06. The van der Waals surface area contributed by atoms with E-state index in [1.165, 1.54) is 12.1 Å². The van der Waals surface area contributed by atoms with Gasteiger partial charge in [-0.15, -0.1) is 0 Å². The number of halogens is 1. The number of non-ortho nitro benzene ring substituents is 1. The highest BCUT2D eigenvalue weighted by Crippen LogP contribution is 2.55. The lowest BCUT2D eigenvalue weighted by atomic mass is 9.63. The molecule has 2 aliphatic carbocycles. The van der Waals surface area contributed by atoms with Gasteiger partial charge in [-0.05, 0) is 94.1 Å². The smallest absolute Gasteiger partial charge is 0.269 e. The van der Waals surface area contributed by atoms with Crippen molar-refractivity contribution >= 4 is 39.8 Å². The lowest BCUT2D eigenvalue weighted by molar-refractivity contribution is -0.384. The molecule has 0 saturated heterocycles. The summed E-state index contributed by atoms with van der Waals surface area (Å²) < 4.78 is 13.2. The van der Waals surface area contributed by atoms with E-state index in [9.17, 15) is 19.7 Å². The van der Waals surface area contributed by atoms with Crippen LogP contribution in [0.1, 0.15) is 82.9 Å². The van der Waals surface area contributed by atoms with Gasteiger partial charge in [0.05, 0.1) is 15.1 Å². The van der Waals surface area contributed by atoms with Gasteiger partial charge in [0.2, 0.25) is 0 Å². The fraction of sp³-hybridized carbons (Fsp3) is 0.385. The molecule has 0 radical (unpaired) electrons. The van der Waals surface area contributed by atoms with E-state index in [1.807, 2.05) is 37.3 Å². The molecular weight excluding hydrogens is 719 g/mol. The number of benzene rings is 3. The molecule has 0 amide bonds. The van der Waals surface area contributed by atoms with Crippen molar-refractivity contribution in [2.24, 2.45) is 10.8 Å². The summed E-state index contributed by atoms with van der Waals surface area (Å²) in [4.78, 5) is 41.6. The van der Waals surface area contributed by atoms with Crippen LogP contribution in [-0.2, 0) is 22.7 Å². The lowest BCUT2D eigenvalue weighted by Gasteiger charge is -2.49. The molecule has 0 aromatic heterocycles. The van der Waals surface area contributed by atoms with Crippen LogP contribution in [0.2, 0.25) is 0 Å². The maximum atomic E-state index is 14.3. The minimum Gasteiger partial charge on any atom is -0.490 e. The predicted molar refractivity (Wildman–Crippen MR) is 193 cm³/mol. The summed E-state index contributed by atoms with van der Waals surface area (Å²) in [6.07, 6.45) is 2.29.